The molecule has 0 amide bonds. The van der Waals surface area contributed by atoms with Crippen LogP contribution in [-0.4, -0.2) is 4.57 Å². The summed E-state index contributed by atoms with van der Waals surface area (Å²) in [7, 11) is 0. The number of benzene rings is 1. The summed E-state index contributed by atoms with van der Waals surface area (Å²) in [6.07, 6.45) is 0.933. The number of hydrogen-bond donors (Lipinski definition) is 1. The fraction of sp³-hybridized carbons (Fsp3) is 0.417. The SMILES string of the molecule is CC(C)CCn1c(=O)oc2cccc(N)c21. The van der Waals surface area contributed by atoms with Crippen molar-refractivity contribution in [2.45, 2.75) is 26.8 Å². The molecule has 2 rings (SSSR count). The highest BCUT2D eigenvalue weighted by atomic mass is 16.4. The van der Waals surface area contributed by atoms with Gasteiger partial charge in [-0.25, -0.2) is 4.79 Å². The van der Waals surface area contributed by atoms with Gasteiger partial charge in [-0.3, -0.25) is 4.57 Å². The monoisotopic (exact) mass is 220 g/mol. The molecule has 0 spiro atoms. The first-order valence-electron chi connectivity index (χ1n) is 5.47. The minimum atomic E-state index is -0.325. The van der Waals surface area contributed by atoms with Crippen LogP contribution in [0.1, 0.15) is 20.3 Å². The summed E-state index contributed by atoms with van der Waals surface area (Å²) in [6, 6.07) is 5.33. The fourth-order valence-corrected chi connectivity index (χ4v) is 1.74. The van der Waals surface area contributed by atoms with Crippen LogP contribution in [0.15, 0.2) is 27.4 Å². The maximum atomic E-state index is 11.6. The highest BCUT2D eigenvalue weighted by Gasteiger charge is 2.11. The van der Waals surface area contributed by atoms with Crippen LogP contribution in [0.25, 0.3) is 11.1 Å². The molecule has 0 radical (unpaired) electrons. The number of oxazole rings is 1. The molecule has 0 aliphatic heterocycles. The molecule has 4 nitrogen and oxygen atoms in total. The average Bonchev–Trinajstić information content (AvgIpc) is 2.52. The third kappa shape index (κ3) is 1.83. The Morgan fingerprint density at radius 1 is 1.44 bits per heavy atom. The number of nitrogen functional groups attached to an aromatic ring is 1. The van der Waals surface area contributed by atoms with Crippen LogP contribution in [0.4, 0.5) is 5.69 Å². The third-order valence-corrected chi connectivity index (χ3v) is 2.65. The second-order valence-electron chi connectivity index (χ2n) is 4.40. The smallest absolute Gasteiger partial charge is 0.408 e. The topological polar surface area (TPSA) is 61.2 Å². The standard InChI is InChI=1S/C12H16N2O2/c1-8(2)6-7-14-11-9(13)4-3-5-10(11)16-12(14)15/h3-5,8H,6-7,13H2,1-2H3. The summed E-state index contributed by atoms with van der Waals surface area (Å²) in [6.45, 7) is 4.89. The summed E-state index contributed by atoms with van der Waals surface area (Å²) in [4.78, 5) is 11.6. The molecule has 86 valence electrons. The molecule has 16 heavy (non-hydrogen) atoms. The molecule has 1 heterocycles. The molecule has 0 saturated heterocycles. The van der Waals surface area contributed by atoms with Crippen molar-refractivity contribution < 1.29 is 4.42 Å². The summed E-state index contributed by atoms with van der Waals surface area (Å²) < 4.78 is 6.76. The largest absolute Gasteiger partial charge is 0.420 e. The summed E-state index contributed by atoms with van der Waals surface area (Å²) in [5, 5.41) is 0. The summed E-state index contributed by atoms with van der Waals surface area (Å²) >= 11 is 0. The number of rotatable bonds is 3. The predicted octanol–water partition coefficient (Wildman–Crippen LogP) is 2.22. The van der Waals surface area contributed by atoms with E-state index in [1.807, 2.05) is 0 Å². The first-order chi connectivity index (χ1) is 7.59. The van der Waals surface area contributed by atoms with Gasteiger partial charge in [0.25, 0.3) is 0 Å². The molecule has 0 atom stereocenters. The first-order valence-corrected chi connectivity index (χ1v) is 5.47. The number of para-hydroxylation sites is 1. The van der Waals surface area contributed by atoms with Gasteiger partial charge < -0.3 is 10.2 Å². The van der Waals surface area contributed by atoms with E-state index in [0.717, 1.165) is 6.42 Å². The fourth-order valence-electron chi connectivity index (χ4n) is 1.74. The molecule has 0 bridgehead atoms. The van der Waals surface area contributed by atoms with Crippen molar-refractivity contribution >= 4 is 16.8 Å². The number of anilines is 1. The summed E-state index contributed by atoms with van der Waals surface area (Å²) in [5.41, 5.74) is 7.73. The van der Waals surface area contributed by atoms with Crippen molar-refractivity contribution in [1.29, 1.82) is 0 Å². The van der Waals surface area contributed by atoms with E-state index in [-0.39, 0.29) is 5.76 Å². The van der Waals surface area contributed by atoms with Crippen LogP contribution >= 0.6 is 0 Å². The molecule has 0 fully saturated rings. The predicted molar refractivity (Wildman–Crippen MR) is 64.3 cm³/mol. The van der Waals surface area contributed by atoms with Gasteiger partial charge in [-0.15, -0.1) is 0 Å². The number of hydrogen-bond acceptors (Lipinski definition) is 3. The normalized spacial score (nSPS) is 11.4. The Bertz CT molecular complexity index is 552. The van der Waals surface area contributed by atoms with E-state index >= 15 is 0 Å². The lowest BCUT2D eigenvalue weighted by Crippen LogP contribution is -2.15. The maximum absolute atomic E-state index is 11.6. The van der Waals surface area contributed by atoms with Gasteiger partial charge in [0.05, 0.1) is 5.69 Å². The molecule has 2 N–H and O–H groups in total. The second kappa shape index (κ2) is 4.04. The molecule has 1 aromatic heterocycles. The molecule has 0 saturated carbocycles. The van der Waals surface area contributed by atoms with Gasteiger partial charge >= 0.3 is 5.76 Å². The number of nitrogens with two attached hydrogens (primary N) is 1. The van der Waals surface area contributed by atoms with E-state index in [0.29, 0.717) is 29.2 Å². The molecule has 0 aliphatic rings. The highest BCUT2D eigenvalue weighted by molar-refractivity contribution is 5.85. The van der Waals surface area contributed by atoms with Crippen molar-refractivity contribution in [2.24, 2.45) is 5.92 Å². The Kier molecular flexibility index (Phi) is 2.73. The Labute approximate surface area is 93.7 Å². The van der Waals surface area contributed by atoms with Gasteiger partial charge in [0.2, 0.25) is 0 Å². The van der Waals surface area contributed by atoms with Crippen molar-refractivity contribution in [3.05, 3.63) is 28.7 Å². The number of aromatic nitrogens is 1. The lowest BCUT2D eigenvalue weighted by molar-refractivity contribution is 0.465. The van der Waals surface area contributed by atoms with Crippen LogP contribution in [-0.2, 0) is 6.54 Å². The van der Waals surface area contributed by atoms with Crippen molar-refractivity contribution in [3.8, 4) is 0 Å². The second-order valence-corrected chi connectivity index (χ2v) is 4.40. The summed E-state index contributed by atoms with van der Waals surface area (Å²) in [5.74, 6) is 0.218. The minimum absolute atomic E-state index is 0.325. The van der Waals surface area contributed by atoms with Gasteiger partial charge in [0, 0.05) is 6.54 Å². The van der Waals surface area contributed by atoms with Crippen LogP contribution in [0.5, 0.6) is 0 Å². The first kappa shape index (κ1) is 10.8. The van der Waals surface area contributed by atoms with E-state index in [9.17, 15) is 4.79 Å². The van der Waals surface area contributed by atoms with E-state index in [1.165, 1.54) is 0 Å². The molecule has 2 aromatic rings. The Morgan fingerprint density at radius 3 is 2.88 bits per heavy atom. The van der Waals surface area contributed by atoms with Crippen molar-refractivity contribution in [1.82, 2.24) is 4.57 Å². The Balaban J connectivity index is 2.51. The minimum Gasteiger partial charge on any atom is -0.408 e. The zero-order chi connectivity index (χ0) is 11.7. The van der Waals surface area contributed by atoms with E-state index in [1.54, 1.807) is 22.8 Å². The average molecular weight is 220 g/mol. The number of fused-ring (bicyclic) bond motifs is 1. The van der Waals surface area contributed by atoms with Crippen LogP contribution in [0, 0.1) is 5.92 Å². The van der Waals surface area contributed by atoms with Crippen LogP contribution in [0.3, 0.4) is 0 Å². The maximum Gasteiger partial charge on any atom is 0.420 e. The molecular weight excluding hydrogens is 204 g/mol. The Hall–Kier alpha value is -1.71. The molecule has 1 aromatic carbocycles. The molecule has 0 aliphatic carbocycles. The Morgan fingerprint density at radius 2 is 2.19 bits per heavy atom. The van der Waals surface area contributed by atoms with Crippen molar-refractivity contribution in [3.63, 3.8) is 0 Å². The number of nitrogens with zero attached hydrogens (tertiary/aromatic N) is 1. The zero-order valence-corrected chi connectivity index (χ0v) is 9.56. The van der Waals surface area contributed by atoms with Gasteiger partial charge in [-0.05, 0) is 24.5 Å². The molecule has 0 unspecified atom stereocenters. The van der Waals surface area contributed by atoms with Gasteiger partial charge in [-0.2, -0.15) is 0 Å². The lowest BCUT2D eigenvalue weighted by atomic mass is 10.1. The van der Waals surface area contributed by atoms with Crippen molar-refractivity contribution in [2.75, 3.05) is 5.73 Å². The van der Waals surface area contributed by atoms with E-state index < -0.39 is 0 Å². The van der Waals surface area contributed by atoms with E-state index in [2.05, 4.69) is 13.8 Å². The van der Waals surface area contributed by atoms with Gasteiger partial charge in [-0.1, -0.05) is 19.9 Å². The van der Waals surface area contributed by atoms with Crippen LogP contribution in [0.2, 0.25) is 0 Å². The lowest BCUT2D eigenvalue weighted by Gasteiger charge is -2.06. The zero-order valence-electron chi connectivity index (χ0n) is 9.56. The molecular formula is C12H16N2O2. The molecule has 4 heteroatoms. The van der Waals surface area contributed by atoms with Gasteiger partial charge in [0.1, 0.15) is 5.52 Å². The van der Waals surface area contributed by atoms with E-state index in [4.69, 9.17) is 10.2 Å². The quantitative estimate of drug-likeness (QED) is 0.807. The van der Waals surface area contributed by atoms with Gasteiger partial charge in [0.15, 0.2) is 5.58 Å². The highest BCUT2D eigenvalue weighted by Crippen LogP contribution is 2.20. The third-order valence-electron chi connectivity index (χ3n) is 2.65. The number of aryl methyl sites for hydroxylation is 1. The van der Waals surface area contributed by atoms with Crippen LogP contribution < -0.4 is 11.5 Å².